The highest BCUT2D eigenvalue weighted by Crippen LogP contribution is 2.22. The van der Waals surface area contributed by atoms with Crippen molar-refractivity contribution in [2.45, 2.75) is 25.8 Å². The number of nitro benzene ring substituents is 1. The van der Waals surface area contributed by atoms with Crippen LogP contribution in [0.25, 0.3) is 10.9 Å². The third-order valence-electron chi connectivity index (χ3n) is 3.71. The molecule has 5 nitrogen and oxygen atoms in total. The quantitative estimate of drug-likeness (QED) is 0.680. The lowest BCUT2D eigenvalue weighted by atomic mass is 10.1. The number of aromatic amines is 1. The number of piperidine rings is 1. The van der Waals surface area contributed by atoms with Crippen LogP contribution in [0.15, 0.2) is 24.3 Å². The number of non-ortho nitro benzene ring substituents is 1. The van der Waals surface area contributed by atoms with Crippen LogP contribution in [0.5, 0.6) is 0 Å². The second-order valence-corrected chi connectivity index (χ2v) is 5.16. The van der Waals surface area contributed by atoms with Gasteiger partial charge in [-0.2, -0.15) is 0 Å². The van der Waals surface area contributed by atoms with Crippen molar-refractivity contribution in [1.29, 1.82) is 0 Å². The third-order valence-corrected chi connectivity index (χ3v) is 3.71. The summed E-state index contributed by atoms with van der Waals surface area (Å²) in [5.41, 5.74) is 2.26. The molecule has 1 N–H and O–H groups in total. The summed E-state index contributed by atoms with van der Waals surface area (Å²) in [4.78, 5) is 16.2. The molecule has 1 fully saturated rings. The second-order valence-electron chi connectivity index (χ2n) is 5.16. The minimum absolute atomic E-state index is 0.149. The molecule has 2 heterocycles. The molecule has 0 spiro atoms. The van der Waals surface area contributed by atoms with Gasteiger partial charge in [-0.3, -0.25) is 15.0 Å². The van der Waals surface area contributed by atoms with E-state index >= 15 is 0 Å². The number of aromatic nitrogens is 1. The normalized spacial score (nSPS) is 16.8. The summed E-state index contributed by atoms with van der Waals surface area (Å²) in [7, 11) is 0. The van der Waals surface area contributed by atoms with Gasteiger partial charge >= 0.3 is 0 Å². The van der Waals surface area contributed by atoms with E-state index in [1.165, 1.54) is 19.3 Å². The van der Waals surface area contributed by atoms with E-state index in [4.69, 9.17) is 0 Å². The van der Waals surface area contributed by atoms with Crippen LogP contribution in [-0.4, -0.2) is 27.9 Å². The van der Waals surface area contributed by atoms with Crippen LogP contribution in [-0.2, 0) is 6.54 Å². The van der Waals surface area contributed by atoms with Crippen molar-refractivity contribution in [3.63, 3.8) is 0 Å². The molecule has 0 radical (unpaired) electrons. The zero-order chi connectivity index (χ0) is 13.2. The average Bonchev–Trinajstić information content (AvgIpc) is 2.80. The zero-order valence-corrected chi connectivity index (χ0v) is 10.8. The number of hydrogen-bond donors (Lipinski definition) is 1. The Balaban J connectivity index is 1.82. The number of likely N-dealkylation sites (tertiary alicyclic amines) is 1. The Morgan fingerprint density at radius 1 is 1.21 bits per heavy atom. The fraction of sp³-hybridized carbons (Fsp3) is 0.429. The zero-order valence-electron chi connectivity index (χ0n) is 10.8. The molecule has 0 bridgehead atoms. The fourth-order valence-electron chi connectivity index (χ4n) is 2.74. The Morgan fingerprint density at radius 2 is 2.00 bits per heavy atom. The molecule has 1 aromatic carbocycles. The highest BCUT2D eigenvalue weighted by molar-refractivity contribution is 5.82. The Bertz CT molecular complexity index is 600. The van der Waals surface area contributed by atoms with Gasteiger partial charge in [0.25, 0.3) is 5.69 Å². The summed E-state index contributed by atoms with van der Waals surface area (Å²) in [5.74, 6) is 0. The largest absolute Gasteiger partial charge is 0.357 e. The molecule has 1 aromatic heterocycles. The van der Waals surface area contributed by atoms with Crippen molar-refractivity contribution < 1.29 is 4.92 Å². The Labute approximate surface area is 111 Å². The monoisotopic (exact) mass is 259 g/mol. The number of nitro groups is 1. The molecule has 1 aliphatic heterocycles. The minimum Gasteiger partial charge on any atom is -0.357 e. The summed E-state index contributed by atoms with van der Waals surface area (Å²) in [6.45, 7) is 3.20. The summed E-state index contributed by atoms with van der Waals surface area (Å²) in [6, 6.07) is 6.99. The van der Waals surface area contributed by atoms with Gasteiger partial charge in [-0.05, 0) is 38.1 Å². The number of rotatable bonds is 3. The van der Waals surface area contributed by atoms with Gasteiger partial charge in [0.2, 0.25) is 0 Å². The lowest BCUT2D eigenvalue weighted by Crippen LogP contribution is -2.29. The second kappa shape index (κ2) is 5.01. The van der Waals surface area contributed by atoms with Crippen molar-refractivity contribution in [3.05, 3.63) is 40.1 Å². The number of nitrogens with one attached hydrogen (secondary N) is 1. The summed E-state index contributed by atoms with van der Waals surface area (Å²) in [5, 5.41) is 11.7. The van der Waals surface area contributed by atoms with Gasteiger partial charge in [0.05, 0.1) is 4.92 Å². The molecule has 100 valence electrons. The molecular formula is C14H17N3O2. The molecule has 3 rings (SSSR count). The van der Waals surface area contributed by atoms with Crippen LogP contribution in [0, 0.1) is 10.1 Å². The highest BCUT2D eigenvalue weighted by Gasteiger charge is 2.13. The molecule has 0 amide bonds. The van der Waals surface area contributed by atoms with Crippen molar-refractivity contribution >= 4 is 16.6 Å². The van der Waals surface area contributed by atoms with E-state index in [0.717, 1.165) is 36.2 Å². The summed E-state index contributed by atoms with van der Waals surface area (Å²) < 4.78 is 0. The van der Waals surface area contributed by atoms with Gasteiger partial charge in [-0.25, -0.2) is 0 Å². The Hall–Kier alpha value is -1.88. The van der Waals surface area contributed by atoms with E-state index in [1.807, 2.05) is 6.07 Å². The summed E-state index contributed by atoms with van der Waals surface area (Å²) >= 11 is 0. The van der Waals surface area contributed by atoms with Crippen molar-refractivity contribution in [2.75, 3.05) is 13.1 Å². The molecule has 0 aliphatic carbocycles. The standard InChI is InChI=1S/C14H17N3O2/c18-17(19)13-4-5-14-11(9-13)8-12(15-14)10-16-6-2-1-3-7-16/h4-5,8-9,15H,1-3,6-7,10H2. The van der Waals surface area contributed by atoms with E-state index in [1.54, 1.807) is 18.2 Å². The van der Waals surface area contributed by atoms with E-state index < -0.39 is 0 Å². The number of nitrogens with zero attached hydrogens (tertiary/aromatic N) is 2. The van der Waals surface area contributed by atoms with Gasteiger partial charge in [-0.1, -0.05) is 6.42 Å². The summed E-state index contributed by atoms with van der Waals surface area (Å²) in [6.07, 6.45) is 3.87. The van der Waals surface area contributed by atoms with Gasteiger partial charge < -0.3 is 4.98 Å². The van der Waals surface area contributed by atoms with Crippen LogP contribution in [0.1, 0.15) is 25.0 Å². The van der Waals surface area contributed by atoms with Gasteiger partial charge in [0.1, 0.15) is 0 Å². The SMILES string of the molecule is O=[N+]([O-])c1ccc2[nH]c(CN3CCCCC3)cc2c1. The first-order valence-electron chi connectivity index (χ1n) is 6.71. The third kappa shape index (κ3) is 2.61. The maximum absolute atomic E-state index is 10.8. The van der Waals surface area contributed by atoms with Crippen LogP contribution in [0.3, 0.4) is 0 Å². The van der Waals surface area contributed by atoms with Crippen molar-refractivity contribution in [1.82, 2.24) is 9.88 Å². The van der Waals surface area contributed by atoms with Crippen molar-refractivity contribution in [2.24, 2.45) is 0 Å². The van der Waals surface area contributed by atoms with Gasteiger partial charge in [-0.15, -0.1) is 0 Å². The lowest BCUT2D eigenvalue weighted by molar-refractivity contribution is -0.384. The predicted octanol–water partition coefficient (Wildman–Crippen LogP) is 3.06. The van der Waals surface area contributed by atoms with E-state index in [-0.39, 0.29) is 10.6 Å². The Kier molecular flexibility index (Phi) is 3.21. The first kappa shape index (κ1) is 12.2. The molecule has 0 saturated carbocycles. The predicted molar refractivity (Wildman–Crippen MR) is 74.1 cm³/mol. The van der Waals surface area contributed by atoms with Crippen LogP contribution < -0.4 is 0 Å². The van der Waals surface area contributed by atoms with E-state index in [2.05, 4.69) is 9.88 Å². The van der Waals surface area contributed by atoms with Crippen LogP contribution in [0.4, 0.5) is 5.69 Å². The molecule has 0 unspecified atom stereocenters. The van der Waals surface area contributed by atoms with Crippen molar-refractivity contribution in [3.8, 4) is 0 Å². The first-order chi connectivity index (χ1) is 9.22. The topological polar surface area (TPSA) is 62.2 Å². The fourth-order valence-corrected chi connectivity index (χ4v) is 2.74. The van der Waals surface area contributed by atoms with Crippen LogP contribution in [0.2, 0.25) is 0 Å². The molecular weight excluding hydrogens is 242 g/mol. The highest BCUT2D eigenvalue weighted by atomic mass is 16.6. The number of H-pyrrole nitrogens is 1. The lowest BCUT2D eigenvalue weighted by Gasteiger charge is -2.25. The number of fused-ring (bicyclic) bond motifs is 1. The van der Waals surface area contributed by atoms with E-state index in [0.29, 0.717) is 0 Å². The molecule has 0 atom stereocenters. The van der Waals surface area contributed by atoms with Gasteiger partial charge in [0.15, 0.2) is 0 Å². The van der Waals surface area contributed by atoms with E-state index in [9.17, 15) is 10.1 Å². The molecule has 19 heavy (non-hydrogen) atoms. The maximum atomic E-state index is 10.8. The number of benzene rings is 1. The van der Waals surface area contributed by atoms with Gasteiger partial charge in [0, 0.05) is 35.3 Å². The first-order valence-corrected chi connectivity index (χ1v) is 6.71. The van der Waals surface area contributed by atoms with Crippen LogP contribution >= 0.6 is 0 Å². The Morgan fingerprint density at radius 3 is 2.74 bits per heavy atom. The number of hydrogen-bond acceptors (Lipinski definition) is 3. The molecule has 2 aromatic rings. The molecule has 1 aliphatic rings. The minimum atomic E-state index is -0.350. The smallest absolute Gasteiger partial charge is 0.270 e. The molecule has 1 saturated heterocycles. The maximum Gasteiger partial charge on any atom is 0.270 e. The average molecular weight is 259 g/mol. The molecule has 5 heteroatoms.